The summed E-state index contributed by atoms with van der Waals surface area (Å²) in [6.07, 6.45) is 6.24. The second-order valence-corrected chi connectivity index (χ2v) is 10.3. The number of aryl methyl sites for hydroxylation is 1. The normalized spacial score (nSPS) is 26.3. The highest BCUT2D eigenvalue weighted by Crippen LogP contribution is 2.56. The van der Waals surface area contributed by atoms with Gasteiger partial charge in [-0.3, -0.25) is 9.48 Å². The van der Waals surface area contributed by atoms with Crippen LogP contribution in [0.25, 0.3) is 0 Å². The average molecular weight is 487 g/mol. The lowest BCUT2D eigenvalue weighted by atomic mass is 9.92. The SMILES string of the molecule is CC(C)n1cnc(C2(O)CC3CC(c4ncn(C)c4C(=O)Nc4ccc(F)c(Cl)c4)CC3C2)n1. The number of carbonyl (C=O) groups excluding carboxylic acids is 1. The van der Waals surface area contributed by atoms with E-state index in [1.165, 1.54) is 18.2 Å². The number of imidazole rings is 1. The molecule has 0 radical (unpaired) electrons. The Balaban J connectivity index is 1.31. The minimum Gasteiger partial charge on any atom is -0.382 e. The number of carbonyl (C=O) groups is 1. The van der Waals surface area contributed by atoms with Gasteiger partial charge in [0.05, 0.1) is 17.0 Å². The van der Waals surface area contributed by atoms with Gasteiger partial charge in [0.15, 0.2) is 5.82 Å². The van der Waals surface area contributed by atoms with Crippen molar-refractivity contribution in [3.63, 3.8) is 0 Å². The zero-order chi connectivity index (χ0) is 24.2. The predicted molar refractivity (Wildman–Crippen MR) is 125 cm³/mol. The molecule has 2 aliphatic rings. The van der Waals surface area contributed by atoms with Crippen LogP contribution in [0.4, 0.5) is 10.1 Å². The monoisotopic (exact) mass is 486 g/mol. The molecule has 10 heteroatoms. The smallest absolute Gasteiger partial charge is 0.274 e. The number of nitrogens with zero attached hydrogens (tertiary/aromatic N) is 5. The molecular weight excluding hydrogens is 459 g/mol. The van der Waals surface area contributed by atoms with Crippen molar-refractivity contribution in [3.05, 3.63) is 58.9 Å². The van der Waals surface area contributed by atoms with Gasteiger partial charge in [0, 0.05) is 24.7 Å². The summed E-state index contributed by atoms with van der Waals surface area (Å²) >= 11 is 5.85. The molecule has 0 aliphatic heterocycles. The highest BCUT2D eigenvalue weighted by Gasteiger charge is 2.52. The summed E-state index contributed by atoms with van der Waals surface area (Å²) in [6.45, 7) is 4.06. The summed E-state index contributed by atoms with van der Waals surface area (Å²) in [5, 5.41) is 18.6. The van der Waals surface area contributed by atoms with Crippen molar-refractivity contribution < 1.29 is 14.3 Å². The summed E-state index contributed by atoms with van der Waals surface area (Å²) in [5.41, 5.74) is 0.656. The van der Waals surface area contributed by atoms with E-state index in [2.05, 4.69) is 20.4 Å². The maximum atomic E-state index is 13.5. The van der Waals surface area contributed by atoms with Gasteiger partial charge in [0.1, 0.15) is 23.4 Å². The summed E-state index contributed by atoms with van der Waals surface area (Å²) in [7, 11) is 1.79. The van der Waals surface area contributed by atoms with Gasteiger partial charge in [0.2, 0.25) is 0 Å². The first-order valence-electron chi connectivity index (χ1n) is 11.6. The van der Waals surface area contributed by atoms with Gasteiger partial charge in [-0.2, -0.15) is 5.10 Å². The van der Waals surface area contributed by atoms with E-state index in [4.69, 9.17) is 11.6 Å². The van der Waals surface area contributed by atoms with E-state index in [0.717, 1.165) is 18.5 Å². The van der Waals surface area contributed by atoms with Crippen molar-refractivity contribution in [1.82, 2.24) is 24.3 Å². The highest BCUT2D eigenvalue weighted by molar-refractivity contribution is 6.31. The van der Waals surface area contributed by atoms with Crippen LogP contribution in [-0.4, -0.2) is 35.3 Å². The maximum absolute atomic E-state index is 13.5. The first kappa shape index (κ1) is 23.0. The fourth-order valence-corrected chi connectivity index (χ4v) is 5.77. The molecule has 2 heterocycles. The first-order chi connectivity index (χ1) is 16.1. The molecule has 180 valence electrons. The molecule has 8 nitrogen and oxygen atoms in total. The number of hydrogen-bond acceptors (Lipinski definition) is 5. The number of amides is 1. The van der Waals surface area contributed by atoms with Crippen LogP contribution in [0.3, 0.4) is 0 Å². The second-order valence-electron chi connectivity index (χ2n) is 9.94. The number of aliphatic hydroxyl groups is 1. The van der Waals surface area contributed by atoms with Gasteiger partial charge < -0.3 is 15.0 Å². The molecule has 5 rings (SSSR count). The van der Waals surface area contributed by atoms with Crippen LogP contribution < -0.4 is 5.32 Å². The van der Waals surface area contributed by atoms with Gasteiger partial charge in [-0.25, -0.2) is 14.4 Å². The third-order valence-corrected chi connectivity index (χ3v) is 7.53. The Bertz CT molecular complexity index is 1220. The van der Waals surface area contributed by atoms with Gasteiger partial charge in [-0.05, 0) is 69.6 Å². The number of nitrogens with one attached hydrogen (secondary N) is 1. The molecule has 1 aromatic carbocycles. The molecule has 2 aliphatic carbocycles. The average Bonchev–Trinajstić information content (AvgIpc) is 3.53. The fourth-order valence-electron chi connectivity index (χ4n) is 5.59. The molecule has 3 aromatic rings. The zero-order valence-electron chi connectivity index (χ0n) is 19.4. The third kappa shape index (κ3) is 4.01. The molecule has 0 saturated heterocycles. The summed E-state index contributed by atoms with van der Waals surface area (Å²) in [6, 6.07) is 4.28. The Labute approximate surface area is 202 Å². The first-order valence-corrected chi connectivity index (χ1v) is 11.9. The molecule has 2 fully saturated rings. The largest absolute Gasteiger partial charge is 0.382 e. The van der Waals surface area contributed by atoms with E-state index in [9.17, 15) is 14.3 Å². The summed E-state index contributed by atoms with van der Waals surface area (Å²) in [4.78, 5) is 22.0. The molecule has 1 amide bonds. The third-order valence-electron chi connectivity index (χ3n) is 7.24. The van der Waals surface area contributed by atoms with Crippen LogP contribution in [0.5, 0.6) is 0 Å². The van der Waals surface area contributed by atoms with E-state index in [-0.39, 0.29) is 22.9 Å². The van der Waals surface area contributed by atoms with Gasteiger partial charge >= 0.3 is 0 Å². The number of halogens is 2. The second kappa shape index (κ2) is 8.46. The Kier molecular flexibility index (Phi) is 5.72. The predicted octanol–water partition coefficient (Wildman–Crippen LogP) is 4.43. The van der Waals surface area contributed by atoms with Crippen molar-refractivity contribution in [2.45, 2.75) is 57.1 Å². The lowest BCUT2D eigenvalue weighted by Crippen LogP contribution is -2.25. The summed E-state index contributed by atoms with van der Waals surface area (Å²) < 4.78 is 17.0. The standard InChI is InChI=1S/C24H28ClFN6O2/c1-13(2)32-12-28-23(30-32)24(34)9-15-6-14(7-16(15)10-24)20-21(31(3)11-27-20)22(33)29-17-4-5-19(26)18(25)8-17/h4-5,8,11-16,34H,6-7,9-10H2,1-3H3,(H,29,33). The Morgan fingerprint density at radius 3 is 2.56 bits per heavy atom. The van der Waals surface area contributed by atoms with Gasteiger partial charge in [-0.1, -0.05) is 11.6 Å². The van der Waals surface area contributed by atoms with Gasteiger partial charge in [-0.15, -0.1) is 0 Å². The van der Waals surface area contributed by atoms with Crippen LogP contribution in [0, 0.1) is 17.7 Å². The number of benzene rings is 1. The maximum Gasteiger partial charge on any atom is 0.274 e. The molecular formula is C24H28ClFN6O2. The molecule has 2 saturated carbocycles. The van der Waals surface area contributed by atoms with E-state index in [0.29, 0.717) is 41.9 Å². The number of anilines is 1. The molecule has 2 aromatic heterocycles. The molecule has 0 spiro atoms. The van der Waals surface area contributed by atoms with Crippen LogP contribution in [0.15, 0.2) is 30.9 Å². The lowest BCUT2D eigenvalue weighted by molar-refractivity contribution is 0.0251. The Hall–Kier alpha value is -2.78. The van der Waals surface area contributed by atoms with E-state index in [1.807, 2.05) is 13.8 Å². The van der Waals surface area contributed by atoms with Crippen molar-refractivity contribution in [2.24, 2.45) is 18.9 Å². The number of aromatic nitrogens is 5. The van der Waals surface area contributed by atoms with Crippen molar-refractivity contribution in [3.8, 4) is 0 Å². The summed E-state index contributed by atoms with van der Waals surface area (Å²) in [5.74, 6) is 0.409. The van der Waals surface area contributed by atoms with E-state index >= 15 is 0 Å². The van der Waals surface area contributed by atoms with Crippen molar-refractivity contribution in [2.75, 3.05) is 5.32 Å². The minimum absolute atomic E-state index is 0.0492. The Morgan fingerprint density at radius 2 is 1.94 bits per heavy atom. The van der Waals surface area contributed by atoms with Crippen molar-refractivity contribution >= 4 is 23.2 Å². The fraction of sp³-hybridized carbons (Fsp3) is 0.500. The number of hydrogen-bond donors (Lipinski definition) is 2. The van der Waals surface area contributed by atoms with E-state index in [1.54, 1.807) is 29.0 Å². The van der Waals surface area contributed by atoms with Crippen molar-refractivity contribution in [1.29, 1.82) is 0 Å². The topological polar surface area (TPSA) is 97.9 Å². The van der Waals surface area contributed by atoms with E-state index < -0.39 is 11.4 Å². The molecule has 2 unspecified atom stereocenters. The molecule has 0 bridgehead atoms. The Morgan fingerprint density at radius 1 is 1.24 bits per heavy atom. The van der Waals surface area contributed by atoms with Crippen LogP contribution in [0.2, 0.25) is 5.02 Å². The minimum atomic E-state index is -1.01. The molecule has 34 heavy (non-hydrogen) atoms. The zero-order valence-corrected chi connectivity index (χ0v) is 20.1. The molecule has 2 N–H and O–H groups in total. The van der Waals surface area contributed by atoms with Gasteiger partial charge in [0.25, 0.3) is 5.91 Å². The van der Waals surface area contributed by atoms with Crippen LogP contribution in [0.1, 0.15) is 73.5 Å². The highest BCUT2D eigenvalue weighted by atomic mass is 35.5. The van der Waals surface area contributed by atoms with Crippen LogP contribution in [-0.2, 0) is 12.6 Å². The number of rotatable bonds is 5. The molecule has 2 atom stereocenters. The van der Waals surface area contributed by atoms with Crippen LogP contribution >= 0.6 is 11.6 Å². The number of fused-ring (bicyclic) bond motifs is 1. The lowest BCUT2D eigenvalue weighted by Gasteiger charge is -2.21. The quantitative estimate of drug-likeness (QED) is 0.556.